The van der Waals surface area contributed by atoms with Crippen LogP contribution in [0.1, 0.15) is 5.56 Å². The molecular formula is C14H22ClNO2. The highest BCUT2D eigenvalue weighted by molar-refractivity contribution is 6.18. The first-order valence-electron chi connectivity index (χ1n) is 6.20. The number of rotatable bonds is 9. The molecule has 0 aliphatic carbocycles. The molecule has 0 aliphatic rings. The van der Waals surface area contributed by atoms with Crippen LogP contribution in [-0.2, 0) is 11.2 Å². The third-order valence-corrected chi connectivity index (χ3v) is 3.06. The van der Waals surface area contributed by atoms with Crippen LogP contribution in [0.25, 0.3) is 0 Å². The average molecular weight is 272 g/mol. The third-order valence-electron chi connectivity index (χ3n) is 2.89. The molecule has 4 heteroatoms. The molecule has 0 aliphatic heterocycles. The van der Waals surface area contributed by atoms with E-state index in [9.17, 15) is 0 Å². The van der Waals surface area contributed by atoms with E-state index < -0.39 is 0 Å². The molecule has 0 N–H and O–H groups in total. The molecule has 0 radical (unpaired) electrons. The van der Waals surface area contributed by atoms with Gasteiger partial charge in [-0.3, -0.25) is 4.90 Å². The van der Waals surface area contributed by atoms with Gasteiger partial charge in [-0.05, 0) is 24.1 Å². The first-order valence-corrected chi connectivity index (χ1v) is 6.73. The first-order chi connectivity index (χ1) is 8.80. The van der Waals surface area contributed by atoms with Gasteiger partial charge in [0.25, 0.3) is 0 Å². The topological polar surface area (TPSA) is 21.7 Å². The van der Waals surface area contributed by atoms with Crippen LogP contribution in [0.5, 0.6) is 5.75 Å². The van der Waals surface area contributed by atoms with E-state index in [2.05, 4.69) is 17.0 Å². The van der Waals surface area contributed by atoms with Crippen LogP contribution < -0.4 is 4.74 Å². The molecule has 0 heterocycles. The number of ether oxygens (including phenoxy) is 2. The summed E-state index contributed by atoms with van der Waals surface area (Å²) < 4.78 is 10.2. The Balaban J connectivity index is 2.39. The quantitative estimate of drug-likeness (QED) is 0.644. The highest BCUT2D eigenvalue weighted by Crippen LogP contribution is 2.12. The molecule has 0 unspecified atom stereocenters. The summed E-state index contributed by atoms with van der Waals surface area (Å²) in [5, 5.41) is 0. The van der Waals surface area contributed by atoms with E-state index in [-0.39, 0.29) is 0 Å². The van der Waals surface area contributed by atoms with Crippen molar-refractivity contribution in [2.75, 3.05) is 46.3 Å². The summed E-state index contributed by atoms with van der Waals surface area (Å²) in [6, 6.07) is 8.20. The van der Waals surface area contributed by atoms with Crippen molar-refractivity contribution in [2.45, 2.75) is 6.42 Å². The average Bonchev–Trinajstić information content (AvgIpc) is 2.42. The van der Waals surface area contributed by atoms with Gasteiger partial charge in [0.1, 0.15) is 5.75 Å². The minimum atomic E-state index is 0.659. The smallest absolute Gasteiger partial charge is 0.118 e. The largest absolute Gasteiger partial charge is 0.497 e. The Labute approximate surface area is 115 Å². The fourth-order valence-corrected chi connectivity index (χ4v) is 1.99. The molecule has 102 valence electrons. The maximum atomic E-state index is 5.80. The van der Waals surface area contributed by atoms with Gasteiger partial charge < -0.3 is 9.47 Å². The van der Waals surface area contributed by atoms with E-state index in [1.54, 1.807) is 14.2 Å². The maximum Gasteiger partial charge on any atom is 0.118 e. The van der Waals surface area contributed by atoms with Crippen LogP contribution in [0.3, 0.4) is 0 Å². The van der Waals surface area contributed by atoms with Gasteiger partial charge >= 0.3 is 0 Å². The van der Waals surface area contributed by atoms with Crippen LogP contribution in [0.15, 0.2) is 24.3 Å². The SMILES string of the molecule is COCCN(CCCl)CCc1ccc(OC)cc1. The van der Waals surface area contributed by atoms with Gasteiger partial charge in [-0.2, -0.15) is 0 Å². The molecule has 0 bridgehead atoms. The molecule has 1 aromatic rings. The monoisotopic (exact) mass is 271 g/mol. The number of nitrogens with zero attached hydrogens (tertiary/aromatic N) is 1. The number of benzene rings is 1. The Hall–Kier alpha value is -0.770. The first kappa shape index (κ1) is 15.3. The number of halogens is 1. The normalized spacial score (nSPS) is 10.9. The molecule has 0 saturated carbocycles. The lowest BCUT2D eigenvalue weighted by Crippen LogP contribution is -2.31. The zero-order valence-corrected chi connectivity index (χ0v) is 11.9. The summed E-state index contributed by atoms with van der Waals surface area (Å²) in [5.74, 6) is 1.56. The van der Waals surface area contributed by atoms with Crippen molar-refractivity contribution in [3.05, 3.63) is 29.8 Å². The van der Waals surface area contributed by atoms with Crippen molar-refractivity contribution in [1.29, 1.82) is 0 Å². The highest BCUT2D eigenvalue weighted by atomic mass is 35.5. The zero-order chi connectivity index (χ0) is 13.2. The molecule has 0 aromatic heterocycles. The molecule has 0 spiro atoms. The van der Waals surface area contributed by atoms with Crippen molar-refractivity contribution in [3.8, 4) is 5.75 Å². The summed E-state index contributed by atoms with van der Waals surface area (Å²) in [7, 11) is 3.41. The third kappa shape index (κ3) is 5.71. The fraction of sp³-hybridized carbons (Fsp3) is 0.571. The summed E-state index contributed by atoms with van der Waals surface area (Å²) in [5.41, 5.74) is 1.31. The van der Waals surface area contributed by atoms with Crippen molar-refractivity contribution in [2.24, 2.45) is 0 Å². The van der Waals surface area contributed by atoms with Crippen LogP contribution >= 0.6 is 11.6 Å². The Morgan fingerprint density at radius 2 is 1.78 bits per heavy atom. The van der Waals surface area contributed by atoms with E-state index in [4.69, 9.17) is 21.1 Å². The minimum Gasteiger partial charge on any atom is -0.497 e. The molecule has 0 fully saturated rings. The number of methoxy groups -OCH3 is 2. The molecule has 1 aromatic carbocycles. The van der Waals surface area contributed by atoms with Gasteiger partial charge in [0.2, 0.25) is 0 Å². The van der Waals surface area contributed by atoms with Gasteiger partial charge in [-0.1, -0.05) is 12.1 Å². The molecule has 0 saturated heterocycles. The minimum absolute atomic E-state index is 0.659. The van der Waals surface area contributed by atoms with E-state index in [0.29, 0.717) is 5.88 Å². The van der Waals surface area contributed by atoms with Crippen LogP contribution in [0, 0.1) is 0 Å². The lowest BCUT2D eigenvalue weighted by atomic mass is 10.1. The number of hydrogen-bond donors (Lipinski definition) is 0. The Bertz CT molecular complexity index is 316. The van der Waals surface area contributed by atoms with E-state index >= 15 is 0 Å². The fourth-order valence-electron chi connectivity index (χ4n) is 1.75. The Morgan fingerprint density at radius 1 is 1.06 bits per heavy atom. The van der Waals surface area contributed by atoms with Crippen molar-refractivity contribution >= 4 is 11.6 Å². The second kappa shape index (κ2) is 9.20. The molecular weight excluding hydrogens is 250 g/mol. The Kier molecular flexibility index (Phi) is 7.81. The van der Waals surface area contributed by atoms with Crippen LogP contribution in [0.2, 0.25) is 0 Å². The van der Waals surface area contributed by atoms with Gasteiger partial charge in [-0.25, -0.2) is 0 Å². The van der Waals surface area contributed by atoms with E-state index in [0.717, 1.165) is 38.4 Å². The second-order valence-electron chi connectivity index (χ2n) is 4.12. The number of hydrogen-bond acceptors (Lipinski definition) is 3. The predicted molar refractivity (Wildman–Crippen MR) is 75.7 cm³/mol. The highest BCUT2D eigenvalue weighted by Gasteiger charge is 2.04. The lowest BCUT2D eigenvalue weighted by molar-refractivity contribution is 0.152. The van der Waals surface area contributed by atoms with Crippen LogP contribution in [0.4, 0.5) is 0 Å². The second-order valence-corrected chi connectivity index (χ2v) is 4.50. The maximum absolute atomic E-state index is 5.80. The molecule has 3 nitrogen and oxygen atoms in total. The lowest BCUT2D eigenvalue weighted by Gasteiger charge is -2.20. The standard InChI is InChI=1S/C14H22ClNO2/c1-17-12-11-16(10-8-15)9-7-13-3-5-14(18-2)6-4-13/h3-6H,7-12H2,1-2H3. The van der Waals surface area contributed by atoms with Crippen molar-refractivity contribution in [3.63, 3.8) is 0 Å². The van der Waals surface area contributed by atoms with Crippen LogP contribution in [-0.4, -0.2) is 51.2 Å². The van der Waals surface area contributed by atoms with Crippen molar-refractivity contribution < 1.29 is 9.47 Å². The van der Waals surface area contributed by atoms with E-state index in [1.165, 1.54) is 5.56 Å². The van der Waals surface area contributed by atoms with Gasteiger partial charge in [0.15, 0.2) is 0 Å². The number of alkyl halides is 1. The summed E-state index contributed by atoms with van der Waals surface area (Å²) in [4.78, 5) is 2.32. The molecule has 1 rings (SSSR count). The summed E-state index contributed by atoms with van der Waals surface area (Å²) in [6.07, 6.45) is 1.02. The summed E-state index contributed by atoms with van der Waals surface area (Å²) >= 11 is 5.80. The predicted octanol–water partition coefficient (Wildman–Crippen LogP) is 2.42. The molecule has 0 atom stereocenters. The Morgan fingerprint density at radius 3 is 2.33 bits per heavy atom. The zero-order valence-electron chi connectivity index (χ0n) is 11.2. The van der Waals surface area contributed by atoms with Gasteiger partial charge in [-0.15, -0.1) is 11.6 Å². The van der Waals surface area contributed by atoms with E-state index in [1.807, 2.05) is 12.1 Å². The van der Waals surface area contributed by atoms with Crippen molar-refractivity contribution in [1.82, 2.24) is 4.90 Å². The summed E-state index contributed by atoms with van der Waals surface area (Å²) in [6.45, 7) is 3.59. The molecule has 18 heavy (non-hydrogen) atoms. The molecule has 0 amide bonds. The van der Waals surface area contributed by atoms with Gasteiger partial charge in [0.05, 0.1) is 13.7 Å². The van der Waals surface area contributed by atoms with Gasteiger partial charge in [0, 0.05) is 32.6 Å².